The Morgan fingerprint density at radius 2 is 1.50 bits per heavy atom. The molecule has 0 bridgehead atoms. The summed E-state index contributed by atoms with van der Waals surface area (Å²) in [7, 11) is 1.76. The fourth-order valence-corrected chi connectivity index (χ4v) is 6.12. The minimum absolute atomic E-state index is 0.0240. The predicted molar refractivity (Wildman–Crippen MR) is 169 cm³/mol. The van der Waals surface area contributed by atoms with Crippen molar-refractivity contribution in [2.75, 3.05) is 20.1 Å². The van der Waals surface area contributed by atoms with Crippen LogP contribution in [0.5, 0.6) is 0 Å². The van der Waals surface area contributed by atoms with Gasteiger partial charge in [0.15, 0.2) is 0 Å². The van der Waals surface area contributed by atoms with Crippen LogP contribution in [0.3, 0.4) is 0 Å². The average molecular weight is 590 g/mol. The standard InChI is InChI=1S/C33H59N5O4/c1-12-24(7)34-29(39)26-17-15-19-38(26)31(41)23(6)20-27(21(2)3)36(11)32(42)28(33(8,9)10)35-30(40)25-16-13-14-18-37(25)22(4)5/h20-22,24-28H,12-19H2,1-11H3,(H,34,39)(H,35,40)/b23-20+/t24-,25?,26?,27-,28-/m1/s1. The lowest BCUT2D eigenvalue weighted by Gasteiger charge is -2.41. The number of likely N-dealkylation sites (N-methyl/N-ethyl adjacent to an activating group) is 1. The van der Waals surface area contributed by atoms with Crippen molar-refractivity contribution in [1.29, 1.82) is 0 Å². The van der Waals surface area contributed by atoms with Gasteiger partial charge < -0.3 is 20.4 Å². The van der Waals surface area contributed by atoms with Crippen molar-refractivity contribution < 1.29 is 19.2 Å². The number of piperidine rings is 1. The van der Waals surface area contributed by atoms with Crippen LogP contribution >= 0.6 is 0 Å². The van der Waals surface area contributed by atoms with Gasteiger partial charge in [-0.2, -0.15) is 0 Å². The maximum atomic E-state index is 14.1. The van der Waals surface area contributed by atoms with Crippen molar-refractivity contribution in [3.63, 3.8) is 0 Å². The number of hydrogen-bond acceptors (Lipinski definition) is 5. The van der Waals surface area contributed by atoms with Crippen LogP contribution in [-0.2, 0) is 19.2 Å². The number of carbonyl (C=O) groups is 4. The molecule has 9 heteroatoms. The van der Waals surface area contributed by atoms with Gasteiger partial charge in [0.05, 0.1) is 12.1 Å². The fraction of sp³-hybridized carbons (Fsp3) is 0.818. The molecule has 2 aliphatic rings. The van der Waals surface area contributed by atoms with Crippen LogP contribution in [0.2, 0.25) is 0 Å². The van der Waals surface area contributed by atoms with Crippen LogP contribution in [0.1, 0.15) is 108 Å². The summed E-state index contributed by atoms with van der Waals surface area (Å²) in [5.41, 5.74) is 0.00271. The van der Waals surface area contributed by atoms with E-state index in [9.17, 15) is 19.2 Å². The molecular weight excluding hydrogens is 530 g/mol. The summed E-state index contributed by atoms with van der Waals surface area (Å²) in [6, 6.07) is -1.49. The van der Waals surface area contributed by atoms with Crippen LogP contribution in [0.4, 0.5) is 0 Å². The summed E-state index contributed by atoms with van der Waals surface area (Å²) >= 11 is 0. The smallest absolute Gasteiger partial charge is 0.249 e. The number of nitrogens with zero attached hydrogens (tertiary/aromatic N) is 3. The Bertz CT molecular complexity index is 985. The normalized spacial score (nSPS) is 22.6. The molecule has 0 spiro atoms. The molecule has 2 rings (SSSR count). The molecule has 2 fully saturated rings. The molecule has 4 amide bonds. The van der Waals surface area contributed by atoms with Gasteiger partial charge in [0.25, 0.3) is 0 Å². The van der Waals surface area contributed by atoms with E-state index in [1.165, 1.54) is 0 Å². The number of likely N-dealkylation sites (tertiary alicyclic amines) is 2. The van der Waals surface area contributed by atoms with Crippen LogP contribution in [0.25, 0.3) is 0 Å². The van der Waals surface area contributed by atoms with Crippen LogP contribution in [-0.4, -0.2) is 94.7 Å². The Morgan fingerprint density at radius 3 is 2.05 bits per heavy atom. The van der Waals surface area contributed by atoms with Gasteiger partial charge in [-0.15, -0.1) is 0 Å². The van der Waals surface area contributed by atoms with Crippen LogP contribution < -0.4 is 10.6 Å². The van der Waals surface area contributed by atoms with Crippen molar-refractivity contribution in [1.82, 2.24) is 25.3 Å². The third kappa shape index (κ3) is 9.04. The van der Waals surface area contributed by atoms with E-state index in [2.05, 4.69) is 29.4 Å². The number of nitrogens with one attached hydrogen (secondary N) is 2. The molecule has 9 nitrogen and oxygen atoms in total. The Labute approximate surface area is 255 Å². The van der Waals surface area contributed by atoms with Gasteiger partial charge in [0.1, 0.15) is 12.1 Å². The number of rotatable bonds is 11. The van der Waals surface area contributed by atoms with E-state index in [1.54, 1.807) is 23.8 Å². The molecule has 2 saturated heterocycles. The van der Waals surface area contributed by atoms with Gasteiger partial charge >= 0.3 is 0 Å². The number of carbonyl (C=O) groups excluding carboxylic acids is 4. The Kier molecular flexibility index (Phi) is 13.1. The van der Waals surface area contributed by atoms with E-state index in [0.29, 0.717) is 18.5 Å². The topological polar surface area (TPSA) is 102 Å². The molecule has 0 aromatic heterocycles. The zero-order chi connectivity index (χ0) is 31.9. The molecule has 0 aliphatic carbocycles. The second-order valence-electron chi connectivity index (χ2n) is 14.2. The van der Waals surface area contributed by atoms with Crippen molar-refractivity contribution in [3.8, 4) is 0 Å². The molecule has 0 saturated carbocycles. The van der Waals surface area contributed by atoms with E-state index < -0.39 is 17.5 Å². The first-order chi connectivity index (χ1) is 19.5. The monoisotopic (exact) mass is 589 g/mol. The lowest BCUT2D eigenvalue weighted by atomic mass is 9.84. The summed E-state index contributed by atoms with van der Waals surface area (Å²) in [5, 5.41) is 6.15. The highest BCUT2D eigenvalue weighted by atomic mass is 16.2. The minimum Gasteiger partial charge on any atom is -0.352 e. The van der Waals surface area contributed by atoms with Gasteiger partial charge in [-0.25, -0.2) is 0 Å². The Morgan fingerprint density at radius 1 is 0.905 bits per heavy atom. The fourth-order valence-electron chi connectivity index (χ4n) is 6.12. The minimum atomic E-state index is -0.719. The van der Waals surface area contributed by atoms with Gasteiger partial charge in [0.2, 0.25) is 23.6 Å². The molecule has 2 heterocycles. The Hall–Kier alpha value is -2.42. The first-order valence-corrected chi connectivity index (χ1v) is 16.1. The summed E-state index contributed by atoms with van der Waals surface area (Å²) in [5.74, 6) is -0.520. The van der Waals surface area contributed by atoms with Crippen molar-refractivity contribution in [2.45, 2.75) is 144 Å². The van der Waals surface area contributed by atoms with Crippen LogP contribution in [0.15, 0.2) is 11.6 Å². The average Bonchev–Trinajstić information content (AvgIpc) is 3.42. The zero-order valence-corrected chi connectivity index (χ0v) is 28.3. The van der Waals surface area contributed by atoms with Gasteiger partial charge in [0, 0.05) is 31.2 Å². The SMILES string of the molecule is CC[C@@H](C)NC(=O)C1CCCN1C(=O)/C(C)=C/[C@H](C(C)C)N(C)C(=O)[C@@H](NC(=O)C1CCCCN1C(C)C)C(C)(C)C. The molecule has 5 atom stereocenters. The third-order valence-corrected chi connectivity index (χ3v) is 8.96. The molecule has 240 valence electrons. The molecule has 42 heavy (non-hydrogen) atoms. The number of hydrogen-bond donors (Lipinski definition) is 2. The third-order valence-electron chi connectivity index (χ3n) is 8.96. The zero-order valence-electron chi connectivity index (χ0n) is 28.3. The molecular formula is C33H59N5O4. The summed E-state index contributed by atoms with van der Waals surface area (Å²) < 4.78 is 0. The molecule has 2 unspecified atom stereocenters. The highest BCUT2D eigenvalue weighted by molar-refractivity contribution is 5.97. The quantitative estimate of drug-likeness (QED) is 0.353. The molecule has 0 aromatic carbocycles. The van der Waals surface area contributed by atoms with Crippen molar-refractivity contribution >= 4 is 23.6 Å². The molecule has 2 N–H and O–H groups in total. The molecule has 2 aliphatic heterocycles. The van der Waals surface area contributed by atoms with E-state index in [4.69, 9.17) is 0 Å². The maximum absolute atomic E-state index is 14.1. The highest BCUT2D eigenvalue weighted by Gasteiger charge is 2.40. The summed E-state index contributed by atoms with van der Waals surface area (Å²) in [6.07, 6.45) is 6.98. The van der Waals surface area contributed by atoms with Crippen molar-refractivity contribution in [3.05, 3.63) is 11.6 Å². The van der Waals surface area contributed by atoms with Crippen LogP contribution in [0, 0.1) is 11.3 Å². The second-order valence-corrected chi connectivity index (χ2v) is 14.2. The first-order valence-electron chi connectivity index (χ1n) is 16.1. The molecule has 0 aromatic rings. The van der Waals surface area contributed by atoms with Gasteiger partial charge in [-0.05, 0) is 77.7 Å². The lowest BCUT2D eigenvalue weighted by molar-refractivity contribution is -0.142. The highest BCUT2D eigenvalue weighted by Crippen LogP contribution is 2.27. The largest absolute Gasteiger partial charge is 0.352 e. The van der Waals surface area contributed by atoms with E-state index in [1.807, 2.05) is 54.5 Å². The summed E-state index contributed by atoms with van der Waals surface area (Å²) in [4.78, 5) is 59.7. The maximum Gasteiger partial charge on any atom is 0.249 e. The van der Waals surface area contributed by atoms with E-state index in [-0.39, 0.29) is 53.7 Å². The first kappa shape index (κ1) is 35.8. The van der Waals surface area contributed by atoms with Gasteiger partial charge in [-0.1, -0.05) is 54.0 Å². The number of amides is 4. The van der Waals surface area contributed by atoms with E-state index in [0.717, 1.165) is 38.6 Å². The van der Waals surface area contributed by atoms with Crippen molar-refractivity contribution in [2.24, 2.45) is 11.3 Å². The lowest BCUT2D eigenvalue weighted by Crippen LogP contribution is -2.60. The second kappa shape index (κ2) is 15.3. The van der Waals surface area contributed by atoms with E-state index >= 15 is 0 Å². The predicted octanol–water partition coefficient (Wildman–Crippen LogP) is 4.12. The Balaban J connectivity index is 2.26. The molecule has 0 radical (unpaired) electrons. The summed E-state index contributed by atoms with van der Waals surface area (Å²) in [6.45, 7) is 21.3. The van der Waals surface area contributed by atoms with Gasteiger partial charge in [-0.3, -0.25) is 24.1 Å².